The van der Waals surface area contributed by atoms with E-state index >= 15 is 0 Å². The normalized spacial score (nSPS) is 10.1. The monoisotopic (exact) mass is 287 g/mol. The fraction of sp³-hybridized carbons (Fsp3) is 0.364. The Morgan fingerprint density at radius 1 is 1.53 bits per heavy atom. The lowest BCUT2D eigenvalue weighted by Crippen LogP contribution is -2.26. The third kappa shape index (κ3) is 3.87. The Labute approximate surface area is 103 Å². The van der Waals surface area contributed by atoms with Gasteiger partial charge in [-0.1, -0.05) is 22.0 Å². The standard InChI is InChI=1S/C11H14BrNOS/c1-8-3-4-9(12)7-10(8)11(14)13-5-6-15-2/h3-4,7H,5-6H2,1-2H3,(H,13,14). The van der Waals surface area contributed by atoms with Gasteiger partial charge in [0.25, 0.3) is 5.91 Å². The molecule has 1 N–H and O–H groups in total. The molecule has 1 aromatic carbocycles. The Bertz CT molecular complexity index is 354. The first kappa shape index (κ1) is 12.6. The number of thioether (sulfide) groups is 1. The first-order valence-electron chi connectivity index (χ1n) is 4.68. The predicted molar refractivity (Wildman–Crippen MR) is 69.6 cm³/mol. The molecule has 0 aliphatic rings. The van der Waals surface area contributed by atoms with E-state index in [-0.39, 0.29) is 5.91 Å². The SMILES string of the molecule is CSCCNC(=O)c1cc(Br)ccc1C. The number of halogens is 1. The summed E-state index contributed by atoms with van der Waals surface area (Å²) in [5, 5.41) is 2.89. The average Bonchev–Trinajstić information content (AvgIpc) is 2.22. The lowest BCUT2D eigenvalue weighted by molar-refractivity contribution is 0.0955. The van der Waals surface area contributed by atoms with Crippen LogP contribution in [0, 0.1) is 6.92 Å². The van der Waals surface area contributed by atoms with Crippen LogP contribution >= 0.6 is 27.7 Å². The van der Waals surface area contributed by atoms with Crippen molar-refractivity contribution in [2.24, 2.45) is 0 Å². The van der Waals surface area contributed by atoms with Gasteiger partial charge in [-0.2, -0.15) is 11.8 Å². The summed E-state index contributed by atoms with van der Waals surface area (Å²) in [4.78, 5) is 11.8. The lowest BCUT2D eigenvalue weighted by atomic mass is 10.1. The van der Waals surface area contributed by atoms with Crippen LogP contribution in [0.5, 0.6) is 0 Å². The van der Waals surface area contributed by atoms with Gasteiger partial charge in [-0.05, 0) is 30.9 Å². The third-order valence-corrected chi connectivity index (χ3v) is 3.14. The second-order valence-electron chi connectivity index (χ2n) is 3.21. The zero-order valence-corrected chi connectivity index (χ0v) is 11.2. The Hall–Kier alpha value is -0.480. The van der Waals surface area contributed by atoms with E-state index in [2.05, 4.69) is 21.2 Å². The highest BCUT2D eigenvalue weighted by Crippen LogP contribution is 2.15. The second kappa shape index (κ2) is 6.18. The Balaban J connectivity index is 2.68. The van der Waals surface area contributed by atoms with Crippen LogP contribution in [0.4, 0.5) is 0 Å². The molecule has 0 radical (unpaired) electrons. The summed E-state index contributed by atoms with van der Waals surface area (Å²) in [5.41, 5.74) is 1.74. The summed E-state index contributed by atoms with van der Waals surface area (Å²) < 4.78 is 0.933. The molecule has 1 rings (SSSR count). The molecule has 82 valence electrons. The highest BCUT2D eigenvalue weighted by Gasteiger charge is 2.08. The van der Waals surface area contributed by atoms with Crippen molar-refractivity contribution in [3.8, 4) is 0 Å². The molecule has 0 unspecified atom stereocenters. The maximum Gasteiger partial charge on any atom is 0.251 e. The van der Waals surface area contributed by atoms with Crippen molar-refractivity contribution in [3.63, 3.8) is 0 Å². The van der Waals surface area contributed by atoms with E-state index in [9.17, 15) is 4.79 Å². The molecule has 0 aliphatic carbocycles. The van der Waals surface area contributed by atoms with Gasteiger partial charge in [0.15, 0.2) is 0 Å². The smallest absolute Gasteiger partial charge is 0.251 e. The van der Waals surface area contributed by atoms with E-state index in [4.69, 9.17) is 0 Å². The Morgan fingerprint density at radius 2 is 2.27 bits per heavy atom. The van der Waals surface area contributed by atoms with Crippen molar-refractivity contribution >= 4 is 33.6 Å². The van der Waals surface area contributed by atoms with Crippen molar-refractivity contribution in [2.45, 2.75) is 6.92 Å². The summed E-state index contributed by atoms with van der Waals surface area (Å²) in [7, 11) is 0. The molecule has 0 atom stereocenters. The van der Waals surface area contributed by atoms with Gasteiger partial charge in [0.05, 0.1) is 0 Å². The van der Waals surface area contributed by atoms with Gasteiger partial charge >= 0.3 is 0 Å². The minimum absolute atomic E-state index is 0.00264. The van der Waals surface area contributed by atoms with E-state index in [1.165, 1.54) is 0 Å². The number of hydrogen-bond donors (Lipinski definition) is 1. The van der Waals surface area contributed by atoms with Gasteiger partial charge in [0, 0.05) is 22.3 Å². The molecule has 0 aromatic heterocycles. The van der Waals surface area contributed by atoms with Gasteiger partial charge < -0.3 is 5.32 Å². The number of carbonyl (C=O) groups excluding carboxylic acids is 1. The lowest BCUT2D eigenvalue weighted by Gasteiger charge is -2.07. The minimum Gasteiger partial charge on any atom is -0.351 e. The quantitative estimate of drug-likeness (QED) is 0.863. The number of carbonyl (C=O) groups is 1. The summed E-state index contributed by atoms with van der Waals surface area (Å²) in [5.74, 6) is 0.946. The van der Waals surface area contributed by atoms with E-state index < -0.39 is 0 Å². The van der Waals surface area contributed by atoms with Gasteiger partial charge in [0.2, 0.25) is 0 Å². The zero-order chi connectivity index (χ0) is 11.3. The number of aryl methyl sites for hydroxylation is 1. The molecule has 0 heterocycles. The fourth-order valence-electron chi connectivity index (χ4n) is 1.20. The minimum atomic E-state index is 0.00264. The Kier molecular flexibility index (Phi) is 5.19. The van der Waals surface area contributed by atoms with Crippen LogP contribution < -0.4 is 5.32 Å². The average molecular weight is 288 g/mol. The maximum atomic E-state index is 11.8. The van der Waals surface area contributed by atoms with Crippen molar-refractivity contribution < 1.29 is 4.79 Å². The number of benzene rings is 1. The van der Waals surface area contributed by atoms with Gasteiger partial charge in [-0.25, -0.2) is 0 Å². The molecule has 1 amide bonds. The summed E-state index contributed by atoms with van der Waals surface area (Å²) in [6.45, 7) is 2.65. The molecule has 0 spiro atoms. The van der Waals surface area contributed by atoms with Gasteiger partial charge in [-0.15, -0.1) is 0 Å². The van der Waals surface area contributed by atoms with Crippen molar-refractivity contribution in [1.82, 2.24) is 5.32 Å². The molecule has 0 bridgehead atoms. The van der Waals surface area contributed by atoms with Crippen LogP contribution in [0.25, 0.3) is 0 Å². The highest BCUT2D eigenvalue weighted by molar-refractivity contribution is 9.10. The van der Waals surface area contributed by atoms with Crippen molar-refractivity contribution in [3.05, 3.63) is 33.8 Å². The molecule has 0 saturated carbocycles. The third-order valence-electron chi connectivity index (χ3n) is 2.04. The number of nitrogens with one attached hydrogen (secondary N) is 1. The Morgan fingerprint density at radius 3 is 2.93 bits per heavy atom. The van der Waals surface area contributed by atoms with Crippen LogP contribution in [-0.2, 0) is 0 Å². The number of rotatable bonds is 4. The van der Waals surface area contributed by atoms with Crippen LogP contribution in [0.3, 0.4) is 0 Å². The summed E-state index contributed by atoms with van der Waals surface area (Å²) in [6, 6.07) is 5.73. The molecule has 0 saturated heterocycles. The van der Waals surface area contributed by atoms with E-state index in [1.807, 2.05) is 31.4 Å². The zero-order valence-electron chi connectivity index (χ0n) is 8.84. The number of amides is 1. The summed E-state index contributed by atoms with van der Waals surface area (Å²) >= 11 is 5.08. The topological polar surface area (TPSA) is 29.1 Å². The molecular formula is C11H14BrNOS. The van der Waals surface area contributed by atoms with Crippen molar-refractivity contribution in [1.29, 1.82) is 0 Å². The molecule has 4 heteroatoms. The fourth-order valence-corrected chi connectivity index (χ4v) is 1.87. The second-order valence-corrected chi connectivity index (χ2v) is 5.11. The largest absolute Gasteiger partial charge is 0.351 e. The van der Waals surface area contributed by atoms with Crippen LogP contribution in [-0.4, -0.2) is 24.5 Å². The van der Waals surface area contributed by atoms with Gasteiger partial charge in [0.1, 0.15) is 0 Å². The molecule has 15 heavy (non-hydrogen) atoms. The van der Waals surface area contributed by atoms with Crippen LogP contribution in [0.1, 0.15) is 15.9 Å². The van der Waals surface area contributed by atoms with E-state index in [0.717, 1.165) is 21.4 Å². The predicted octanol–water partition coefficient (Wildman–Crippen LogP) is 2.85. The summed E-state index contributed by atoms with van der Waals surface area (Å²) in [6.07, 6.45) is 2.02. The molecule has 2 nitrogen and oxygen atoms in total. The van der Waals surface area contributed by atoms with Crippen molar-refractivity contribution in [2.75, 3.05) is 18.6 Å². The maximum absolute atomic E-state index is 11.8. The molecule has 0 fully saturated rings. The van der Waals surface area contributed by atoms with E-state index in [0.29, 0.717) is 6.54 Å². The number of hydrogen-bond acceptors (Lipinski definition) is 2. The molecule has 0 aliphatic heterocycles. The van der Waals surface area contributed by atoms with Gasteiger partial charge in [-0.3, -0.25) is 4.79 Å². The molecule has 1 aromatic rings. The van der Waals surface area contributed by atoms with Crippen LogP contribution in [0.2, 0.25) is 0 Å². The molecular weight excluding hydrogens is 274 g/mol. The highest BCUT2D eigenvalue weighted by atomic mass is 79.9. The van der Waals surface area contributed by atoms with E-state index in [1.54, 1.807) is 11.8 Å². The first-order valence-corrected chi connectivity index (χ1v) is 6.87. The first-order chi connectivity index (χ1) is 7.15. The van der Waals surface area contributed by atoms with Crippen LogP contribution in [0.15, 0.2) is 22.7 Å².